The maximum absolute atomic E-state index is 10.7. The fraction of sp³-hybridized carbons (Fsp3) is 0.238. The standard InChI is InChI=1S/2C40H36N4O2.4CHF3O3S.2Cu/c2*1-3-11-29(12-4-1)27-45-37-19-9-15-31-21-23-33(43-39(31)37)25-41-35-17-7-8-18-36(35)42-26-34-24-22-32-16-10-20-38(40(32)44-34)46-28-30-13-5-2-6-14-30;4*2-1(3,4)8(5,6)7;;/h2*1-6,9-16,19-26,35-36H,7-8,17-18,27-28H2;4*(H,5,6,7);;/q;;;;;;2*+2/p-4/t2*35-,36-;;;;;;/m11....../s1. The summed E-state index contributed by atoms with van der Waals surface area (Å²) in [6, 6.07) is 81.7. The summed E-state index contributed by atoms with van der Waals surface area (Å²) in [5.74, 6) is 3.09. The number of halogens is 12. The van der Waals surface area contributed by atoms with E-state index >= 15 is 0 Å². The minimum absolute atomic E-state index is 0. The van der Waals surface area contributed by atoms with Gasteiger partial charge >= 0.3 is 56.2 Å². The Morgan fingerprint density at radius 1 is 0.278 bits per heavy atom. The molecule has 0 unspecified atom stereocenters. The number of fused-ring (bicyclic) bond motifs is 4. The number of aliphatic imine (C=N–C) groups is 4. The van der Waals surface area contributed by atoms with Crippen molar-refractivity contribution < 1.29 is 158 Å². The molecule has 4 heterocycles. The van der Waals surface area contributed by atoms with E-state index in [1.807, 2.05) is 170 Å². The topological polar surface area (TPSA) is 367 Å². The minimum Gasteiger partial charge on any atom is -0.741 e. The number of para-hydroxylation sites is 4. The van der Waals surface area contributed by atoms with Gasteiger partial charge < -0.3 is 37.2 Å². The van der Waals surface area contributed by atoms with Gasteiger partial charge in [0, 0.05) is 46.4 Å². The normalized spacial score (nSPS) is 15.8. The number of aromatic nitrogens is 4. The molecular formula is C84H72Cu2F12N8O16S4. The minimum atomic E-state index is -6.09. The largest absolute Gasteiger partial charge is 2.00 e. The fourth-order valence-electron chi connectivity index (χ4n) is 11.8. The number of pyridine rings is 4. The third kappa shape index (κ3) is 31.9. The molecule has 2 fully saturated rings. The van der Waals surface area contributed by atoms with Gasteiger partial charge in [0.05, 0.1) is 46.9 Å². The van der Waals surface area contributed by atoms with Gasteiger partial charge in [0.15, 0.2) is 40.5 Å². The first-order valence-electron chi connectivity index (χ1n) is 37.0. The van der Waals surface area contributed by atoms with Gasteiger partial charge in [0.2, 0.25) is 0 Å². The van der Waals surface area contributed by atoms with Gasteiger partial charge in [-0.2, -0.15) is 52.7 Å². The molecule has 2 radical (unpaired) electrons. The summed E-state index contributed by atoms with van der Waals surface area (Å²) in [5, 5.41) is 4.16. The molecule has 0 spiro atoms. The van der Waals surface area contributed by atoms with E-state index in [9.17, 15) is 52.7 Å². The van der Waals surface area contributed by atoms with Crippen molar-refractivity contribution in [3.8, 4) is 23.0 Å². The number of ether oxygens (including phenoxy) is 4. The molecule has 8 aromatic carbocycles. The zero-order valence-electron chi connectivity index (χ0n) is 65.1. The van der Waals surface area contributed by atoms with Crippen molar-refractivity contribution in [3.05, 3.63) is 288 Å². The van der Waals surface area contributed by atoms with Crippen molar-refractivity contribution in [2.24, 2.45) is 20.0 Å². The summed E-state index contributed by atoms with van der Waals surface area (Å²) in [7, 11) is -24.4. The van der Waals surface area contributed by atoms with Crippen LogP contribution in [-0.4, -0.2) is 143 Å². The van der Waals surface area contributed by atoms with Crippen LogP contribution in [0.25, 0.3) is 43.6 Å². The molecule has 12 aromatic rings. The molecule has 14 rings (SSSR count). The average molecular weight is 1930 g/mol. The molecular weight excluding hydrogens is 1860 g/mol. The first kappa shape index (κ1) is 102. The van der Waals surface area contributed by atoms with Gasteiger partial charge in [-0.25, -0.2) is 53.6 Å². The number of rotatable bonds is 20. The molecule has 2 aliphatic rings. The Morgan fingerprint density at radius 2 is 0.452 bits per heavy atom. The van der Waals surface area contributed by atoms with Crippen molar-refractivity contribution >= 4 is 109 Å². The van der Waals surface area contributed by atoms with Gasteiger partial charge in [0.1, 0.15) is 71.5 Å². The Hall–Kier alpha value is -10.9. The van der Waals surface area contributed by atoms with Crippen LogP contribution >= 0.6 is 0 Å². The average Bonchev–Trinajstić information content (AvgIpc) is 0.828. The van der Waals surface area contributed by atoms with Gasteiger partial charge in [-0.1, -0.05) is 220 Å². The van der Waals surface area contributed by atoms with Crippen molar-refractivity contribution in [3.63, 3.8) is 0 Å². The first-order chi connectivity index (χ1) is 58.6. The van der Waals surface area contributed by atoms with E-state index in [0.29, 0.717) is 26.4 Å². The predicted molar refractivity (Wildman–Crippen MR) is 436 cm³/mol. The molecule has 24 nitrogen and oxygen atoms in total. The van der Waals surface area contributed by atoms with Gasteiger partial charge in [0.25, 0.3) is 0 Å². The molecule has 0 N–H and O–H groups in total. The number of hydrogen-bond donors (Lipinski definition) is 0. The van der Waals surface area contributed by atoms with Crippen LogP contribution < -0.4 is 18.9 Å². The number of hydrogen-bond acceptors (Lipinski definition) is 24. The molecule has 0 amide bonds. The molecule has 4 atom stereocenters. The maximum Gasteiger partial charge on any atom is 2.00 e. The molecule has 126 heavy (non-hydrogen) atoms. The van der Waals surface area contributed by atoms with Crippen molar-refractivity contribution in [2.45, 2.75) is 124 Å². The monoisotopic (exact) mass is 1930 g/mol. The zero-order valence-corrected chi connectivity index (χ0v) is 70.2. The Labute approximate surface area is 736 Å². The Bertz CT molecular complexity index is 5430. The van der Waals surface area contributed by atoms with E-state index in [1.54, 1.807) is 0 Å². The van der Waals surface area contributed by atoms with E-state index < -0.39 is 62.5 Å². The van der Waals surface area contributed by atoms with Crippen LogP contribution in [0.5, 0.6) is 23.0 Å². The SMILES string of the molecule is C(=N[C@@H]1CCCC[C@H]1N=Cc1ccc2cccc(OCc3ccccc3)c2n1)c1ccc2cccc(OCc3ccccc3)c2n1.C(=N[C@@H]1CCCC[C@H]1N=Cc1ccc2cccc(OCc3ccccc3)c2n1)c1ccc2cccc(OCc3ccccc3)c2n1.O=S(=O)([O-])C(F)(F)F.O=S(=O)([O-])C(F)(F)F.O=S(=O)([O-])C(F)(F)F.O=S(=O)([O-])C(F)(F)F.[Cu+2].[Cu+2]. The molecule has 674 valence electrons. The molecule has 42 heteroatoms. The summed E-state index contributed by atoms with van der Waals surface area (Å²) in [4.78, 5) is 39.8. The number of nitrogens with zero attached hydrogens (tertiary/aromatic N) is 8. The van der Waals surface area contributed by atoms with Crippen LogP contribution in [-0.2, 0) is 101 Å². The van der Waals surface area contributed by atoms with E-state index in [-0.39, 0.29) is 58.3 Å². The second-order valence-corrected chi connectivity index (χ2v) is 32.4. The van der Waals surface area contributed by atoms with Crippen molar-refractivity contribution in [1.29, 1.82) is 0 Å². The summed E-state index contributed by atoms with van der Waals surface area (Å²) >= 11 is 0. The van der Waals surface area contributed by atoms with Crippen LogP contribution in [0, 0.1) is 0 Å². The van der Waals surface area contributed by atoms with Crippen LogP contribution in [0.3, 0.4) is 0 Å². The van der Waals surface area contributed by atoms with E-state index in [1.165, 1.54) is 0 Å². The van der Waals surface area contributed by atoms with E-state index in [0.717, 1.165) is 163 Å². The molecule has 4 aromatic heterocycles. The number of alkyl halides is 12. The smallest absolute Gasteiger partial charge is 0.741 e. The van der Waals surface area contributed by atoms with Crippen molar-refractivity contribution in [1.82, 2.24) is 19.9 Å². The fourth-order valence-corrected chi connectivity index (χ4v) is 11.8. The van der Waals surface area contributed by atoms with Crippen LogP contribution in [0.1, 0.15) is 96.4 Å². The van der Waals surface area contributed by atoms with E-state index in [4.69, 9.17) is 111 Å². The van der Waals surface area contributed by atoms with E-state index in [2.05, 4.69) is 97.1 Å². The van der Waals surface area contributed by atoms with Gasteiger partial charge in [-0.15, -0.1) is 0 Å². The van der Waals surface area contributed by atoms with Crippen molar-refractivity contribution in [2.75, 3.05) is 0 Å². The number of benzene rings is 8. The molecule has 0 bridgehead atoms. The second kappa shape index (κ2) is 46.5. The summed E-state index contributed by atoms with van der Waals surface area (Å²) in [6.07, 6.45) is 16.2. The van der Waals surface area contributed by atoms with Gasteiger partial charge in [-0.05, 0) is 96.5 Å². The predicted octanol–water partition coefficient (Wildman–Crippen LogP) is 17.8. The molecule has 2 saturated carbocycles. The van der Waals surface area contributed by atoms with Crippen LogP contribution in [0.4, 0.5) is 52.7 Å². The van der Waals surface area contributed by atoms with Crippen LogP contribution in [0.2, 0.25) is 0 Å². The van der Waals surface area contributed by atoms with Gasteiger partial charge in [-0.3, -0.25) is 20.0 Å². The Morgan fingerprint density at radius 3 is 0.619 bits per heavy atom. The Balaban J connectivity index is 0.000000254. The third-order valence-electron chi connectivity index (χ3n) is 17.9. The molecule has 0 aliphatic heterocycles. The summed E-state index contributed by atoms with van der Waals surface area (Å²) < 4.78 is 260. The summed E-state index contributed by atoms with van der Waals surface area (Å²) in [5.41, 5.74) is -11.5. The zero-order chi connectivity index (χ0) is 89.9. The molecule has 2 aliphatic carbocycles. The van der Waals surface area contributed by atoms with Crippen LogP contribution in [0.15, 0.2) is 263 Å². The maximum atomic E-state index is 10.7. The molecule has 0 saturated heterocycles. The quantitative estimate of drug-likeness (QED) is 0.0225. The second-order valence-electron chi connectivity index (χ2n) is 26.9. The third-order valence-corrected chi connectivity index (χ3v) is 20.2. The summed E-state index contributed by atoms with van der Waals surface area (Å²) in [6.45, 7) is 1.98. The first-order valence-corrected chi connectivity index (χ1v) is 42.7. The Kier molecular flexibility index (Phi) is 37.8.